The number of nitrogens with zero attached hydrogens (tertiary/aromatic N) is 4. The van der Waals surface area contributed by atoms with Gasteiger partial charge in [-0.2, -0.15) is 0 Å². The molecular weight excluding hydrogens is 344 g/mol. The van der Waals surface area contributed by atoms with Gasteiger partial charge in [-0.1, -0.05) is 19.4 Å². The third-order valence-electron chi connectivity index (χ3n) is 5.34. The van der Waals surface area contributed by atoms with Crippen LogP contribution in [0.25, 0.3) is 0 Å². The number of aromatic nitrogens is 3. The number of hydrogen-bond acceptors (Lipinski definition) is 4. The molecule has 6 nitrogen and oxygen atoms in total. The molecule has 2 aromatic heterocycles. The van der Waals surface area contributed by atoms with Crippen LogP contribution in [-0.2, 0) is 20.1 Å². The fourth-order valence-electron chi connectivity index (χ4n) is 3.38. The summed E-state index contributed by atoms with van der Waals surface area (Å²) in [6, 6.07) is 4.74. The smallest absolute Gasteiger partial charge is 0.192 e. The lowest BCUT2D eigenvalue weighted by atomic mass is 9.84. The van der Waals surface area contributed by atoms with Gasteiger partial charge in [0, 0.05) is 18.0 Å². The van der Waals surface area contributed by atoms with Crippen molar-refractivity contribution in [3.8, 4) is 0 Å². The molecule has 0 aliphatic heterocycles. The Balaban J connectivity index is 1.62. The highest BCUT2D eigenvalue weighted by Crippen LogP contribution is 2.26. The van der Waals surface area contributed by atoms with Crippen molar-refractivity contribution >= 4 is 17.3 Å². The third-order valence-corrected chi connectivity index (χ3v) is 6.21. The van der Waals surface area contributed by atoms with Gasteiger partial charge in [-0.05, 0) is 50.0 Å². The van der Waals surface area contributed by atoms with Crippen LogP contribution >= 0.6 is 11.3 Å². The Morgan fingerprint density at radius 2 is 2.12 bits per heavy atom. The monoisotopic (exact) mass is 374 g/mol. The Morgan fingerprint density at radius 1 is 1.31 bits per heavy atom. The van der Waals surface area contributed by atoms with E-state index in [4.69, 9.17) is 4.99 Å². The molecule has 0 saturated heterocycles. The number of aliphatic imine (C=N–C) groups is 1. The van der Waals surface area contributed by atoms with Crippen LogP contribution in [0.5, 0.6) is 0 Å². The maximum absolute atomic E-state index is 4.78. The fraction of sp³-hybridized carbons (Fsp3) is 0.632. The summed E-state index contributed by atoms with van der Waals surface area (Å²) in [4.78, 5) is 6.09. The highest BCUT2D eigenvalue weighted by molar-refractivity contribution is 7.09. The lowest BCUT2D eigenvalue weighted by molar-refractivity contribution is 0.304. The molecule has 2 aromatic rings. The number of thiophene rings is 1. The molecule has 0 amide bonds. The lowest BCUT2D eigenvalue weighted by Crippen LogP contribution is -2.44. The summed E-state index contributed by atoms with van der Waals surface area (Å²) in [6.45, 7) is 5.59. The molecule has 0 radical (unpaired) electrons. The molecule has 26 heavy (non-hydrogen) atoms. The summed E-state index contributed by atoms with van der Waals surface area (Å²) >= 11 is 1.76. The fourth-order valence-corrected chi connectivity index (χ4v) is 4.03. The number of guanidine groups is 1. The number of rotatable bonds is 6. The van der Waals surface area contributed by atoms with E-state index in [1.165, 1.54) is 37.0 Å². The SMILES string of the molecule is CCC1CCC(NC(=NCc2nnc(C)n2C)NCc2cccs2)CC1. The van der Waals surface area contributed by atoms with Gasteiger partial charge in [0.15, 0.2) is 11.8 Å². The van der Waals surface area contributed by atoms with Gasteiger partial charge in [-0.25, -0.2) is 4.99 Å². The van der Waals surface area contributed by atoms with Crippen LogP contribution in [-0.4, -0.2) is 26.8 Å². The number of nitrogens with one attached hydrogen (secondary N) is 2. The molecule has 1 aliphatic rings. The normalized spacial score (nSPS) is 21.0. The number of hydrogen-bond donors (Lipinski definition) is 2. The van der Waals surface area contributed by atoms with Gasteiger partial charge in [-0.3, -0.25) is 0 Å². The van der Waals surface area contributed by atoms with Crippen LogP contribution in [0, 0.1) is 12.8 Å². The van der Waals surface area contributed by atoms with Crippen molar-refractivity contribution in [2.75, 3.05) is 0 Å². The largest absolute Gasteiger partial charge is 0.354 e. The van der Waals surface area contributed by atoms with Crippen LogP contribution in [0.15, 0.2) is 22.5 Å². The van der Waals surface area contributed by atoms with Crippen LogP contribution in [0.4, 0.5) is 0 Å². The molecule has 1 saturated carbocycles. The van der Waals surface area contributed by atoms with Crippen LogP contribution < -0.4 is 10.6 Å². The Morgan fingerprint density at radius 3 is 2.73 bits per heavy atom. The zero-order valence-corrected chi connectivity index (χ0v) is 16.9. The molecule has 3 rings (SSSR count). The second-order valence-corrected chi connectivity index (χ2v) is 8.12. The minimum absolute atomic E-state index is 0.508. The minimum Gasteiger partial charge on any atom is -0.354 e. The molecule has 0 bridgehead atoms. The van der Waals surface area contributed by atoms with Gasteiger partial charge in [0.2, 0.25) is 0 Å². The van der Waals surface area contributed by atoms with Crippen molar-refractivity contribution in [2.45, 2.75) is 65.1 Å². The lowest BCUT2D eigenvalue weighted by Gasteiger charge is -2.29. The van der Waals surface area contributed by atoms with Crippen molar-refractivity contribution in [2.24, 2.45) is 18.0 Å². The van der Waals surface area contributed by atoms with Crippen molar-refractivity contribution in [3.05, 3.63) is 34.0 Å². The Bertz CT molecular complexity index is 698. The van der Waals surface area contributed by atoms with E-state index in [9.17, 15) is 0 Å². The van der Waals surface area contributed by atoms with Gasteiger partial charge in [0.05, 0.1) is 6.54 Å². The van der Waals surface area contributed by atoms with Crippen molar-refractivity contribution in [3.63, 3.8) is 0 Å². The van der Waals surface area contributed by atoms with Crippen molar-refractivity contribution < 1.29 is 0 Å². The Kier molecular flexibility index (Phi) is 6.66. The summed E-state index contributed by atoms with van der Waals surface area (Å²) < 4.78 is 1.99. The highest BCUT2D eigenvalue weighted by Gasteiger charge is 2.20. The zero-order valence-electron chi connectivity index (χ0n) is 16.0. The summed E-state index contributed by atoms with van der Waals surface area (Å²) in [5, 5.41) is 17.6. The molecule has 142 valence electrons. The second kappa shape index (κ2) is 9.16. The van der Waals surface area contributed by atoms with E-state index in [-0.39, 0.29) is 0 Å². The molecular formula is C19H30N6S. The average Bonchev–Trinajstić information content (AvgIpc) is 3.29. The van der Waals surface area contributed by atoms with Crippen LogP contribution in [0.3, 0.4) is 0 Å². The topological polar surface area (TPSA) is 67.1 Å². The van der Waals surface area contributed by atoms with E-state index in [2.05, 4.69) is 45.3 Å². The Labute approximate surface area is 160 Å². The van der Waals surface area contributed by atoms with Gasteiger partial charge in [0.1, 0.15) is 12.4 Å². The quantitative estimate of drug-likeness (QED) is 0.601. The average molecular weight is 375 g/mol. The summed E-state index contributed by atoms with van der Waals surface area (Å²) in [5.41, 5.74) is 0. The van der Waals surface area contributed by atoms with Gasteiger partial charge < -0.3 is 15.2 Å². The molecule has 0 atom stereocenters. The predicted octanol–water partition coefficient (Wildman–Crippen LogP) is 3.39. The van der Waals surface area contributed by atoms with E-state index in [0.29, 0.717) is 12.6 Å². The molecule has 0 aromatic carbocycles. The molecule has 1 fully saturated rings. The molecule has 1 aliphatic carbocycles. The predicted molar refractivity (Wildman–Crippen MR) is 107 cm³/mol. The summed E-state index contributed by atoms with van der Waals surface area (Å²) in [6.07, 6.45) is 6.38. The van der Waals surface area contributed by atoms with E-state index in [1.807, 2.05) is 18.5 Å². The van der Waals surface area contributed by atoms with Crippen LogP contribution in [0.1, 0.15) is 55.6 Å². The second-order valence-electron chi connectivity index (χ2n) is 7.09. The van der Waals surface area contributed by atoms with E-state index in [0.717, 1.165) is 30.1 Å². The standard InChI is InChI=1S/C19H30N6S/c1-4-15-7-9-16(10-8-15)22-19(20-12-17-6-5-11-26-17)21-13-18-24-23-14(2)25(18)3/h5-6,11,15-16H,4,7-10,12-13H2,1-3H3,(H2,20,21,22). The minimum atomic E-state index is 0.508. The molecule has 0 spiro atoms. The summed E-state index contributed by atoms with van der Waals surface area (Å²) in [5.74, 6) is 3.57. The molecule has 0 unspecified atom stereocenters. The third kappa shape index (κ3) is 5.06. The van der Waals surface area contributed by atoms with Crippen molar-refractivity contribution in [1.82, 2.24) is 25.4 Å². The maximum atomic E-state index is 4.78. The number of aryl methyl sites for hydroxylation is 1. The van der Waals surface area contributed by atoms with Gasteiger partial charge >= 0.3 is 0 Å². The van der Waals surface area contributed by atoms with E-state index >= 15 is 0 Å². The first-order chi connectivity index (χ1) is 12.7. The first-order valence-corrected chi connectivity index (χ1v) is 10.5. The van der Waals surface area contributed by atoms with Crippen molar-refractivity contribution in [1.29, 1.82) is 0 Å². The van der Waals surface area contributed by atoms with Gasteiger partial charge in [0.25, 0.3) is 0 Å². The zero-order chi connectivity index (χ0) is 18.4. The maximum Gasteiger partial charge on any atom is 0.192 e. The van der Waals surface area contributed by atoms with Gasteiger partial charge in [-0.15, -0.1) is 21.5 Å². The highest BCUT2D eigenvalue weighted by atomic mass is 32.1. The molecule has 7 heteroatoms. The van der Waals surface area contributed by atoms with E-state index < -0.39 is 0 Å². The Hall–Kier alpha value is -1.89. The van der Waals surface area contributed by atoms with E-state index in [1.54, 1.807) is 11.3 Å². The first kappa shape index (κ1) is 18.9. The van der Waals surface area contributed by atoms with Crippen LogP contribution in [0.2, 0.25) is 0 Å². The first-order valence-electron chi connectivity index (χ1n) is 9.57. The molecule has 2 N–H and O–H groups in total. The molecule has 2 heterocycles. The summed E-state index contributed by atoms with van der Waals surface area (Å²) in [7, 11) is 1.98.